The van der Waals surface area contributed by atoms with Gasteiger partial charge in [0.15, 0.2) is 17.3 Å². The van der Waals surface area contributed by atoms with Gasteiger partial charge in [-0.05, 0) is 25.1 Å². The molecule has 0 radical (unpaired) electrons. The number of rotatable bonds is 6. The van der Waals surface area contributed by atoms with E-state index in [0.717, 1.165) is 4.90 Å². The fourth-order valence-electron chi connectivity index (χ4n) is 1.55. The summed E-state index contributed by atoms with van der Waals surface area (Å²) in [4.78, 5) is 23.6. The van der Waals surface area contributed by atoms with E-state index in [-0.39, 0.29) is 24.7 Å². The average Bonchev–Trinajstić information content (AvgIpc) is 2.83. The van der Waals surface area contributed by atoms with Crippen molar-refractivity contribution in [3.63, 3.8) is 0 Å². The normalized spacial score (nSPS) is 12.3. The van der Waals surface area contributed by atoms with E-state index in [1.54, 1.807) is 13.0 Å². The Bertz CT molecular complexity index is 486. The maximum absolute atomic E-state index is 11.6. The minimum absolute atomic E-state index is 0.152. The Balaban J connectivity index is 1.82. The number of ketones is 1. The summed E-state index contributed by atoms with van der Waals surface area (Å²) in [7, 11) is 0. The summed E-state index contributed by atoms with van der Waals surface area (Å²) < 4.78 is 15.2. The number of benzene rings is 1. The Kier molecular flexibility index (Phi) is 4.68. The van der Waals surface area contributed by atoms with Crippen molar-refractivity contribution < 1.29 is 23.8 Å². The smallest absolute Gasteiger partial charge is 0.313 e. The van der Waals surface area contributed by atoms with Crippen LogP contribution in [0.25, 0.3) is 0 Å². The van der Waals surface area contributed by atoms with Gasteiger partial charge in [-0.15, -0.1) is 11.8 Å². The summed E-state index contributed by atoms with van der Waals surface area (Å²) in [5, 5.41) is 0. The standard InChI is InChI=1S/C13H14O5S/c1-2-16-13(15)5-9(14)7-19-10-3-4-11-12(6-10)18-8-17-11/h3-4,6H,2,5,7-8H2,1H3. The van der Waals surface area contributed by atoms with Gasteiger partial charge in [0, 0.05) is 4.90 Å². The minimum atomic E-state index is -0.473. The molecule has 0 aliphatic carbocycles. The first-order valence-corrected chi connectivity index (χ1v) is 6.87. The fourth-order valence-corrected chi connectivity index (χ4v) is 2.34. The van der Waals surface area contributed by atoms with E-state index < -0.39 is 5.97 Å². The molecule has 0 spiro atoms. The van der Waals surface area contributed by atoms with Crippen LogP contribution in [-0.2, 0) is 14.3 Å². The first kappa shape index (κ1) is 13.7. The van der Waals surface area contributed by atoms with E-state index in [9.17, 15) is 9.59 Å². The van der Waals surface area contributed by atoms with Gasteiger partial charge in [-0.25, -0.2) is 0 Å². The van der Waals surface area contributed by atoms with Crippen molar-refractivity contribution in [1.82, 2.24) is 0 Å². The van der Waals surface area contributed by atoms with Crippen LogP contribution in [0.3, 0.4) is 0 Å². The van der Waals surface area contributed by atoms with Crippen LogP contribution in [0.2, 0.25) is 0 Å². The lowest BCUT2D eigenvalue weighted by atomic mass is 10.3. The molecule has 5 nitrogen and oxygen atoms in total. The van der Waals surface area contributed by atoms with Crippen LogP contribution in [0.5, 0.6) is 11.5 Å². The molecule has 1 aliphatic rings. The van der Waals surface area contributed by atoms with Crippen LogP contribution >= 0.6 is 11.8 Å². The number of hydrogen-bond acceptors (Lipinski definition) is 6. The highest BCUT2D eigenvalue weighted by Crippen LogP contribution is 2.35. The molecule has 0 bridgehead atoms. The number of fused-ring (bicyclic) bond motifs is 1. The number of Topliss-reactive ketones (excluding diaryl/α,β-unsaturated/α-hetero) is 1. The number of thioether (sulfide) groups is 1. The number of carbonyl (C=O) groups is 2. The second kappa shape index (κ2) is 6.47. The lowest BCUT2D eigenvalue weighted by molar-refractivity contribution is -0.145. The van der Waals surface area contributed by atoms with E-state index in [4.69, 9.17) is 14.2 Å². The van der Waals surface area contributed by atoms with Crippen molar-refractivity contribution in [3.05, 3.63) is 18.2 Å². The van der Waals surface area contributed by atoms with Crippen molar-refractivity contribution in [2.24, 2.45) is 0 Å². The van der Waals surface area contributed by atoms with Gasteiger partial charge in [0.1, 0.15) is 6.42 Å². The lowest BCUT2D eigenvalue weighted by Crippen LogP contribution is -2.12. The summed E-state index contributed by atoms with van der Waals surface area (Å²) in [6, 6.07) is 5.49. The fraction of sp³-hybridized carbons (Fsp3) is 0.385. The molecule has 0 saturated carbocycles. The van der Waals surface area contributed by atoms with Crippen LogP contribution < -0.4 is 9.47 Å². The third-order valence-electron chi connectivity index (χ3n) is 2.39. The zero-order valence-electron chi connectivity index (χ0n) is 10.5. The van der Waals surface area contributed by atoms with Gasteiger partial charge in [0.2, 0.25) is 6.79 Å². The van der Waals surface area contributed by atoms with E-state index in [0.29, 0.717) is 18.1 Å². The van der Waals surface area contributed by atoms with E-state index >= 15 is 0 Å². The SMILES string of the molecule is CCOC(=O)CC(=O)CSc1ccc2c(c1)OCO2. The maximum atomic E-state index is 11.6. The van der Waals surface area contributed by atoms with E-state index in [1.807, 2.05) is 12.1 Å². The monoisotopic (exact) mass is 282 g/mol. The zero-order chi connectivity index (χ0) is 13.7. The molecule has 1 aromatic carbocycles. The highest BCUT2D eigenvalue weighted by molar-refractivity contribution is 8.00. The summed E-state index contributed by atoms with van der Waals surface area (Å²) in [6.07, 6.45) is -0.175. The molecule has 0 atom stereocenters. The van der Waals surface area contributed by atoms with Crippen molar-refractivity contribution in [2.75, 3.05) is 19.2 Å². The Labute approximate surface area is 115 Å². The molecule has 2 rings (SSSR count). The summed E-state index contributed by atoms with van der Waals surface area (Å²) in [5.74, 6) is 1.00. The highest BCUT2D eigenvalue weighted by Gasteiger charge is 2.15. The van der Waals surface area contributed by atoms with Crippen molar-refractivity contribution >= 4 is 23.5 Å². The molecule has 102 valence electrons. The Hall–Kier alpha value is -1.69. The quantitative estimate of drug-likeness (QED) is 0.452. The predicted molar refractivity (Wildman–Crippen MR) is 69.5 cm³/mol. The molecule has 0 N–H and O–H groups in total. The van der Waals surface area contributed by atoms with Crippen LogP contribution in [0, 0.1) is 0 Å². The molecule has 1 aromatic rings. The average molecular weight is 282 g/mol. The number of carbonyl (C=O) groups excluding carboxylic acids is 2. The maximum Gasteiger partial charge on any atom is 0.313 e. The van der Waals surface area contributed by atoms with Gasteiger partial charge < -0.3 is 14.2 Å². The Morgan fingerprint density at radius 2 is 2.11 bits per heavy atom. The topological polar surface area (TPSA) is 61.8 Å². The molecule has 0 aromatic heterocycles. The molecule has 0 amide bonds. The van der Waals surface area contributed by atoms with Crippen LogP contribution in [0.1, 0.15) is 13.3 Å². The van der Waals surface area contributed by atoms with Gasteiger partial charge >= 0.3 is 5.97 Å². The molecule has 1 aliphatic heterocycles. The first-order chi connectivity index (χ1) is 9.19. The summed E-state index contributed by atoms with van der Waals surface area (Å²) >= 11 is 1.36. The third-order valence-corrected chi connectivity index (χ3v) is 3.44. The predicted octanol–water partition coefficient (Wildman–Crippen LogP) is 2.03. The molecule has 0 fully saturated rings. The summed E-state index contributed by atoms with van der Waals surface area (Å²) in [5.41, 5.74) is 0. The molecule has 19 heavy (non-hydrogen) atoms. The number of ether oxygens (including phenoxy) is 3. The van der Waals surface area contributed by atoms with Gasteiger partial charge in [-0.1, -0.05) is 0 Å². The Morgan fingerprint density at radius 3 is 2.89 bits per heavy atom. The number of hydrogen-bond donors (Lipinski definition) is 0. The van der Waals surface area contributed by atoms with Gasteiger partial charge in [0.05, 0.1) is 12.4 Å². The molecule has 0 unspecified atom stereocenters. The molecular formula is C13H14O5S. The summed E-state index contributed by atoms with van der Waals surface area (Å²) in [6.45, 7) is 2.23. The molecule has 0 saturated heterocycles. The third kappa shape index (κ3) is 3.89. The van der Waals surface area contributed by atoms with Crippen LogP contribution in [-0.4, -0.2) is 30.9 Å². The Morgan fingerprint density at radius 1 is 1.32 bits per heavy atom. The minimum Gasteiger partial charge on any atom is -0.466 e. The molecule has 6 heteroatoms. The van der Waals surface area contributed by atoms with Crippen molar-refractivity contribution in [2.45, 2.75) is 18.2 Å². The van der Waals surface area contributed by atoms with Crippen LogP contribution in [0.15, 0.2) is 23.1 Å². The first-order valence-electron chi connectivity index (χ1n) is 5.89. The van der Waals surface area contributed by atoms with Crippen molar-refractivity contribution in [3.8, 4) is 11.5 Å². The van der Waals surface area contributed by atoms with Crippen LogP contribution in [0.4, 0.5) is 0 Å². The molecular weight excluding hydrogens is 268 g/mol. The van der Waals surface area contributed by atoms with Gasteiger partial charge in [-0.2, -0.15) is 0 Å². The number of esters is 1. The molecule has 1 heterocycles. The largest absolute Gasteiger partial charge is 0.466 e. The van der Waals surface area contributed by atoms with E-state index in [1.165, 1.54) is 11.8 Å². The zero-order valence-corrected chi connectivity index (χ0v) is 11.3. The highest BCUT2D eigenvalue weighted by atomic mass is 32.2. The van der Waals surface area contributed by atoms with Gasteiger partial charge in [-0.3, -0.25) is 9.59 Å². The second-order valence-electron chi connectivity index (χ2n) is 3.82. The van der Waals surface area contributed by atoms with Gasteiger partial charge in [0.25, 0.3) is 0 Å². The second-order valence-corrected chi connectivity index (χ2v) is 4.87. The van der Waals surface area contributed by atoms with E-state index in [2.05, 4.69) is 0 Å². The van der Waals surface area contributed by atoms with Crippen molar-refractivity contribution in [1.29, 1.82) is 0 Å². The lowest BCUT2D eigenvalue weighted by Gasteiger charge is -2.03.